The second-order valence-corrected chi connectivity index (χ2v) is 12.6. The van der Waals surface area contributed by atoms with Crippen LogP contribution in [0.3, 0.4) is 0 Å². The van der Waals surface area contributed by atoms with Crippen molar-refractivity contribution in [3.8, 4) is 5.75 Å². The molecule has 1 saturated heterocycles. The van der Waals surface area contributed by atoms with E-state index < -0.39 is 18.2 Å². The second kappa shape index (κ2) is 12.8. The van der Waals surface area contributed by atoms with Gasteiger partial charge in [0, 0.05) is 23.9 Å². The number of piperidine rings is 1. The third kappa shape index (κ3) is 6.32. The van der Waals surface area contributed by atoms with Gasteiger partial charge in [-0.3, -0.25) is 4.79 Å². The molecule has 1 amide bonds. The standard InChI is InChI=1S/C35H46F3NO2/c1-3-29(34(4-2)21-12-17-28-30(34)18-11-19-32(28)41-24-35(36,37)38)33(40)39-22-20-27(25-13-7-5-8-14-25)23-31(39)26-15-9-6-10-16-26/h5,7-8,11,13-14,18-19,26-27,29,31H,3-4,6,9-10,12,15-17,20-24H2,1-2H3/t27-,29+,31+,34+/m1/s1. The van der Waals surface area contributed by atoms with Crippen molar-refractivity contribution in [1.29, 1.82) is 0 Å². The minimum absolute atomic E-state index is 0.205. The van der Waals surface area contributed by atoms with Gasteiger partial charge in [-0.2, -0.15) is 13.2 Å². The zero-order chi connectivity index (χ0) is 29.0. The molecule has 0 spiro atoms. The smallest absolute Gasteiger partial charge is 0.422 e. The highest BCUT2D eigenvalue weighted by Crippen LogP contribution is 2.50. The maximum absolute atomic E-state index is 14.8. The summed E-state index contributed by atoms with van der Waals surface area (Å²) in [6, 6.07) is 16.5. The van der Waals surface area contributed by atoms with Crippen LogP contribution in [0.1, 0.15) is 107 Å². The summed E-state index contributed by atoms with van der Waals surface area (Å²) in [6.45, 7) is 3.74. The van der Waals surface area contributed by atoms with Crippen LogP contribution in [0.15, 0.2) is 48.5 Å². The molecule has 0 aromatic heterocycles. The fourth-order valence-electron chi connectivity index (χ4n) is 8.54. The molecule has 0 unspecified atom stereocenters. The van der Waals surface area contributed by atoms with E-state index in [1.807, 2.05) is 6.07 Å². The van der Waals surface area contributed by atoms with Crippen molar-refractivity contribution < 1.29 is 22.7 Å². The molecule has 0 bridgehead atoms. The van der Waals surface area contributed by atoms with Crippen LogP contribution in [-0.2, 0) is 16.6 Å². The van der Waals surface area contributed by atoms with Gasteiger partial charge in [-0.05, 0) is 92.4 Å². The number of halogens is 3. The maximum atomic E-state index is 14.8. The Morgan fingerprint density at radius 1 is 1.00 bits per heavy atom. The molecule has 224 valence electrons. The van der Waals surface area contributed by atoms with Gasteiger partial charge in [0.15, 0.2) is 6.61 Å². The average Bonchev–Trinajstić information content (AvgIpc) is 3.00. The summed E-state index contributed by atoms with van der Waals surface area (Å²) in [6.07, 6.45) is 7.64. The molecular weight excluding hydrogens is 523 g/mol. The topological polar surface area (TPSA) is 29.5 Å². The number of carbonyl (C=O) groups is 1. The van der Waals surface area contributed by atoms with Crippen molar-refractivity contribution in [2.75, 3.05) is 13.2 Å². The van der Waals surface area contributed by atoms with Crippen LogP contribution in [0.25, 0.3) is 0 Å². The fraction of sp³-hybridized carbons (Fsp3) is 0.629. The van der Waals surface area contributed by atoms with Crippen LogP contribution in [0.2, 0.25) is 0 Å². The number of benzene rings is 2. The van der Waals surface area contributed by atoms with Crippen molar-refractivity contribution in [2.45, 2.75) is 114 Å². The Balaban J connectivity index is 1.46. The molecule has 1 heterocycles. The van der Waals surface area contributed by atoms with Crippen LogP contribution in [-0.4, -0.2) is 36.2 Å². The summed E-state index contributed by atoms with van der Waals surface area (Å²) >= 11 is 0. The number of alkyl halides is 3. The number of fused-ring (bicyclic) bond motifs is 1. The first kappa shape index (κ1) is 30.0. The molecule has 2 aromatic carbocycles. The van der Waals surface area contributed by atoms with Crippen LogP contribution in [0.4, 0.5) is 13.2 Å². The molecule has 1 aliphatic heterocycles. The molecule has 1 saturated carbocycles. The number of amides is 1. The van der Waals surface area contributed by atoms with E-state index in [4.69, 9.17) is 4.74 Å². The Morgan fingerprint density at radius 2 is 1.76 bits per heavy atom. The molecule has 2 aliphatic carbocycles. The molecule has 4 atom stereocenters. The molecule has 6 heteroatoms. The zero-order valence-electron chi connectivity index (χ0n) is 24.7. The third-order valence-corrected chi connectivity index (χ3v) is 10.5. The zero-order valence-corrected chi connectivity index (χ0v) is 24.7. The summed E-state index contributed by atoms with van der Waals surface area (Å²) in [5, 5.41) is 0. The van der Waals surface area contributed by atoms with E-state index in [0.717, 1.165) is 56.2 Å². The minimum atomic E-state index is -4.39. The van der Waals surface area contributed by atoms with E-state index in [1.54, 1.807) is 6.07 Å². The van der Waals surface area contributed by atoms with Gasteiger partial charge in [0.1, 0.15) is 5.75 Å². The first-order valence-electron chi connectivity index (χ1n) is 15.9. The molecular formula is C35H46F3NO2. The SMILES string of the molecule is CC[C@@H](C(=O)N1CC[C@@H](c2ccccc2)C[C@H]1C1CCCCC1)[C@]1(CC)CCCc2c(OCC(F)(F)F)cccc21. The van der Waals surface area contributed by atoms with Crippen LogP contribution in [0, 0.1) is 11.8 Å². The Labute approximate surface area is 243 Å². The maximum Gasteiger partial charge on any atom is 0.422 e. The van der Waals surface area contributed by atoms with E-state index in [1.165, 1.54) is 37.7 Å². The van der Waals surface area contributed by atoms with E-state index in [9.17, 15) is 18.0 Å². The van der Waals surface area contributed by atoms with Gasteiger partial charge in [-0.1, -0.05) is 75.6 Å². The predicted molar refractivity (Wildman–Crippen MR) is 157 cm³/mol. The van der Waals surface area contributed by atoms with Crippen LogP contribution in [0.5, 0.6) is 5.75 Å². The summed E-state index contributed by atoms with van der Waals surface area (Å²) < 4.78 is 44.4. The molecule has 3 aliphatic rings. The van der Waals surface area contributed by atoms with Gasteiger partial charge >= 0.3 is 6.18 Å². The molecule has 3 nitrogen and oxygen atoms in total. The Morgan fingerprint density at radius 3 is 2.44 bits per heavy atom. The van der Waals surface area contributed by atoms with E-state index in [0.29, 0.717) is 24.0 Å². The fourth-order valence-corrected chi connectivity index (χ4v) is 8.54. The lowest BCUT2D eigenvalue weighted by molar-refractivity contribution is -0.153. The molecule has 5 rings (SSSR count). The van der Waals surface area contributed by atoms with Gasteiger partial charge in [0.25, 0.3) is 0 Å². The number of carbonyl (C=O) groups excluding carboxylic acids is 1. The first-order chi connectivity index (χ1) is 19.8. The minimum Gasteiger partial charge on any atom is -0.484 e. The average molecular weight is 570 g/mol. The van der Waals surface area contributed by atoms with Crippen molar-refractivity contribution in [2.24, 2.45) is 11.8 Å². The van der Waals surface area contributed by atoms with Crippen molar-refractivity contribution in [3.63, 3.8) is 0 Å². The van der Waals surface area contributed by atoms with Gasteiger partial charge in [-0.15, -0.1) is 0 Å². The normalized spacial score (nSPS) is 26.3. The quantitative estimate of drug-likeness (QED) is 0.318. The summed E-state index contributed by atoms with van der Waals surface area (Å²) in [5.41, 5.74) is 2.87. The molecule has 41 heavy (non-hydrogen) atoms. The highest BCUT2D eigenvalue weighted by molar-refractivity contribution is 5.81. The van der Waals surface area contributed by atoms with Crippen LogP contribution >= 0.6 is 0 Å². The number of ether oxygens (including phenoxy) is 1. The van der Waals surface area contributed by atoms with E-state index in [-0.39, 0.29) is 17.9 Å². The monoisotopic (exact) mass is 569 g/mol. The lowest BCUT2D eigenvalue weighted by Gasteiger charge is -2.50. The number of likely N-dealkylation sites (tertiary alicyclic amines) is 1. The lowest BCUT2D eigenvalue weighted by atomic mass is 9.60. The first-order valence-corrected chi connectivity index (χ1v) is 15.9. The molecule has 0 N–H and O–H groups in total. The van der Waals surface area contributed by atoms with E-state index >= 15 is 0 Å². The van der Waals surface area contributed by atoms with Crippen molar-refractivity contribution in [3.05, 3.63) is 65.2 Å². The highest BCUT2D eigenvalue weighted by Gasteiger charge is 2.48. The summed E-state index contributed by atoms with van der Waals surface area (Å²) in [5.74, 6) is 1.38. The third-order valence-electron chi connectivity index (χ3n) is 10.5. The van der Waals surface area contributed by atoms with Gasteiger partial charge < -0.3 is 9.64 Å². The van der Waals surface area contributed by atoms with Gasteiger partial charge in [-0.25, -0.2) is 0 Å². The largest absolute Gasteiger partial charge is 0.484 e. The van der Waals surface area contributed by atoms with E-state index in [2.05, 4.69) is 55.1 Å². The molecule has 2 aromatic rings. The number of hydrogen-bond donors (Lipinski definition) is 0. The van der Waals surface area contributed by atoms with Gasteiger partial charge in [0.05, 0.1) is 0 Å². The Bertz CT molecular complexity index is 1160. The Hall–Kier alpha value is -2.50. The second-order valence-electron chi connectivity index (χ2n) is 12.6. The molecule has 2 fully saturated rings. The number of nitrogens with zero attached hydrogens (tertiary/aromatic N) is 1. The Kier molecular flexibility index (Phi) is 9.35. The highest BCUT2D eigenvalue weighted by atomic mass is 19.4. The molecule has 0 radical (unpaired) electrons. The summed E-state index contributed by atoms with van der Waals surface area (Å²) in [7, 11) is 0. The van der Waals surface area contributed by atoms with Gasteiger partial charge in [0.2, 0.25) is 5.91 Å². The van der Waals surface area contributed by atoms with Crippen LogP contribution < -0.4 is 4.74 Å². The predicted octanol–water partition coefficient (Wildman–Crippen LogP) is 8.99. The van der Waals surface area contributed by atoms with Crippen molar-refractivity contribution >= 4 is 5.91 Å². The van der Waals surface area contributed by atoms with Crippen molar-refractivity contribution in [1.82, 2.24) is 4.90 Å². The number of hydrogen-bond acceptors (Lipinski definition) is 2. The summed E-state index contributed by atoms with van der Waals surface area (Å²) in [4.78, 5) is 17.0. The number of rotatable bonds is 8. The lowest BCUT2D eigenvalue weighted by Crippen LogP contribution is -2.55.